The molecule has 1 radical (unpaired) electrons. The summed E-state index contributed by atoms with van der Waals surface area (Å²) in [6, 6.07) is 18.1. The van der Waals surface area contributed by atoms with Crippen LogP contribution in [0, 0.1) is 6.42 Å². The second kappa shape index (κ2) is 7.44. The molecule has 0 spiro atoms. The number of hydrogen-bond donors (Lipinski definition) is 3. The quantitative estimate of drug-likeness (QED) is 0.646. The molecule has 0 saturated heterocycles. The van der Waals surface area contributed by atoms with E-state index in [1.54, 1.807) is 0 Å². The SMILES string of the molecule is NC(=O)c1c[nH]c(NC(=O)[CH]Cc2ccc(-c3ccccc3)cc2)n1. The summed E-state index contributed by atoms with van der Waals surface area (Å²) in [5.41, 5.74) is 8.48. The van der Waals surface area contributed by atoms with Crippen LogP contribution in [0.4, 0.5) is 5.95 Å². The molecule has 3 rings (SSSR count). The lowest BCUT2D eigenvalue weighted by Gasteiger charge is -2.05. The Morgan fingerprint density at radius 1 is 1.04 bits per heavy atom. The van der Waals surface area contributed by atoms with Crippen LogP contribution in [0.25, 0.3) is 11.1 Å². The fourth-order valence-corrected chi connectivity index (χ4v) is 2.35. The highest BCUT2D eigenvalue weighted by atomic mass is 16.2. The zero-order valence-electron chi connectivity index (χ0n) is 13.4. The normalized spacial score (nSPS) is 10.4. The summed E-state index contributed by atoms with van der Waals surface area (Å²) < 4.78 is 0. The molecule has 0 fully saturated rings. The Morgan fingerprint density at radius 3 is 2.36 bits per heavy atom. The lowest BCUT2D eigenvalue weighted by molar-refractivity contribution is -0.113. The number of aromatic amines is 1. The van der Waals surface area contributed by atoms with Crippen molar-refractivity contribution in [2.75, 3.05) is 5.32 Å². The summed E-state index contributed by atoms with van der Waals surface area (Å²) in [5.74, 6) is -0.772. The van der Waals surface area contributed by atoms with Crippen LogP contribution in [0.3, 0.4) is 0 Å². The summed E-state index contributed by atoms with van der Waals surface area (Å²) in [4.78, 5) is 29.4. The molecule has 3 aromatic rings. The number of imidazole rings is 1. The van der Waals surface area contributed by atoms with Gasteiger partial charge in [0.25, 0.3) is 5.91 Å². The van der Waals surface area contributed by atoms with Crippen molar-refractivity contribution in [2.24, 2.45) is 5.73 Å². The number of nitrogens with zero attached hydrogens (tertiary/aromatic N) is 1. The lowest BCUT2D eigenvalue weighted by Crippen LogP contribution is -2.15. The van der Waals surface area contributed by atoms with Gasteiger partial charge in [0.05, 0.1) is 6.42 Å². The first-order chi connectivity index (χ1) is 12.1. The van der Waals surface area contributed by atoms with Crippen LogP contribution in [-0.4, -0.2) is 21.8 Å². The van der Waals surface area contributed by atoms with Gasteiger partial charge in [0, 0.05) is 6.20 Å². The number of H-pyrrole nitrogens is 1. The number of carbonyl (C=O) groups is 2. The number of anilines is 1. The molecule has 0 atom stereocenters. The first-order valence-corrected chi connectivity index (χ1v) is 7.75. The zero-order valence-corrected chi connectivity index (χ0v) is 13.4. The molecule has 1 aromatic heterocycles. The van der Waals surface area contributed by atoms with Gasteiger partial charge in [0.1, 0.15) is 5.69 Å². The Morgan fingerprint density at radius 2 is 1.72 bits per heavy atom. The third kappa shape index (κ3) is 4.32. The molecule has 0 unspecified atom stereocenters. The Labute approximate surface area is 145 Å². The third-order valence-corrected chi connectivity index (χ3v) is 3.66. The van der Waals surface area contributed by atoms with Gasteiger partial charge in [-0.25, -0.2) is 4.98 Å². The van der Waals surface area contributed by atoms with Crippen molar-refractivity contribution in [1.82, 2.24) is 9.97 Å². The highest BCUT2D eigenvalue weighted by Crippen LogP contribution is 2.19. The number of amides is 2. The maximum atomic E-state index is 11.9. The van der Waals surface area contributed by atoms with Gasteiger partial charge in [-0.1, -0.05) is 54.6 Å². The van der Waals surface area contributed by atoms with Crippen LogP contribution in [0.2, 0.25) is 0 Å². The topological polar surface area (TPSA) is 101 Å². The van der Waals surface area contributed by atoms with E-state index < -0.39 is 5.91 Å². The molecular formula is C19H17N4O2. The van der Waals surface area contributed by atoms with E-state index in [1.165, 1.54) is 12.6 Å². The number of rotatable bonds is 6. The van der Waals surface area contributed by atoms with Crippen molar-refractivity contribution < 1.29 is 9.59 Å². The van der Waals surface area contributed by atoms with Gasteiger partial charge >= 0.3 is 0 Å². The van der Waals surface area contributed by atoms with E-state index in [4.69, 9.17) is 5.73 Å². The lowest BCUT2D eigenvalue weighted by atomic mass is 10.0. The van der Waals surface area contributed by atoms with E-state index in [9.17, 15) is 9.59 Å². The van der Waals surface area contributed by atoms with Crippen molar-refractivity contribution in [3.05, 3.63) is 78.5 Å². The van der Waals surface area contributed by atoms with Crippen LogP contribution in [0.1, 0.15) is 16.1 Å². The summed E-state index contributed by atoms with van der Waals surface area (Å²) in [7, 11) is 0. The van der Waals surface area contributed by atoms with Crippen LogP contribution in [0.15, 0.2) is 60.8 Å². The van der Waals surface area contributed by atoms with Gasteiger partial charge in [-0.3, -0.25) is 14.9 Å². The fourth-order valence-electron chi connectivity index (χ4n) is 2.35. The standard InChI is InChI=1S/C19H17N4O2/c20-18(25)16-12-21-19(22-16)23-17(24)11-8-13-6-9-15(10-7-13)14-4-2-1-3-5-14/h1-7,9-12H,8H2,(H2,20,25)(H2,21,22,23,24). The molecule has 1 heterocycles. The summed E-state index contributed by atoms with van der Waals surface area (Å²) in [6.45, 7) is 0. The summed E-state index contributed by atoms with van der Waals surface area (Å²) in [6.07, 6.45) is 3.36. The van der Waals surface area contributed by atoms with Crippen molar-refractivity contribution in [1.29, 1.82) is 0 Å². The molecule has 0 aliphatic carbocycles. The van der Waals surface area contributed by atoms with Gasteiger partial charge in [0.2, 0.25) is 11.9 Å². The largest absolute Gasteiger partial charge is 0.364 e. The van der Waals surface area contributed by atoms with E-state index >= 15 is 0 Å². The molecule has 125 valence electrons. The van der Waals surface area contributed by atoms with E-state index in [-0.39, 0.29) is 17.5 Å². The Hall–Kier alpha value is -3.41. The van der Waals surface area contributed by atoms with Crippen LogP contribution >= 0.6 is 0 Å². The number of carbonyl (C=O) groups excluding carboxylic acids is 2. The van der Waals surface area contributed by atoms with Crippen LogP contribution in [-0.2, 0) is 11.2 Å². The van der Waals surface area contributed by atoms with Gasteiger partial charge in [-0.15, -0.1) is 0 Å². The molecule has 2 amide bonds. The Balaban J connectivity index is 1.54. The minimum atomic E-state index is -0.653. The van der Waals surface area contributed by atoms with Gasteiger partial charge in [0.15, 0.2) is 0 Å². The molecule has 4 N–H and O–H groups in total. The predicted octanol–water partition coefficient (Wildman–Crippen LogP) is 2.56. The maximum absolute atomic E-state index is 11.9. The number of aromatic nitrogens is 2. The first-order valence-electron chi connectivity index (χ1n) is 7.75. The minimum absolute atomic E-state index is 0.0757. The van der Waals surface area contributed by atoms with E-state index in [0.717, 1.165) is 16.7 Å². The Kier molecular flexibility index (Phi) is 4.89. The van der Waals surface area contributed by atoms with Gasteiger partial charge in [-0.05, 0) is 23.1 Å². The molecule has 2 aromatic carbocycles. The van der Waals surface area contributed by atoms with Crippen LogP contribution < -0.4 is 11.1 Å². The molecule has 6 nitrogen and oxygen atoms in total. The maximum Gasteiger partial charge on any atom is 0.268 e. The third-order valence-electron chi connectivity index (χ3n) is 3.66. The van der Waals surface area contributed by atoms with Crippen molar-refractivity contribution in [2.45, 2.75) is 6.42 Å². The first kappa shape index (κ1) is 16.4. The zero-order chi connectivity index (χ0) is 17.6. The number of hydrogen-bond acceptors (Lipinski definition) is 3. The monoisotopic (exact) mass is 333 g/mol. The van der Waals surface area contributed by atoms with Crippen molar-refractivity contribution >= 4 is 17.8 Å². The molecule has 0 aliphatic rings. The van der Waals surface area contributed by atoms with E-state index in [2.05, 4.69) is 27.4 Å². The Bertz CT molecular complexity index is 870. The second-order valence-corrected chi connectivity index (χ2v) is 5.46. The highest BCUT2D eigenvalue weighted by Gasteiger charge is 2.09. The van der Waals surface area contributed by atoms with Crippen LogP contribution in [0.5, 0.6) is 0 Å². The summed E-state index contributed by atoms with van der Waals surface area (Å²) in [5, 5.41) is 2.56. The second-order valence-electron chi connectivity index (χ2n) is 5.46. The van der Waals surface area contributed by atoms with Gasteiger partial charge < -0.3 is 10.7 Å². The van der Waals surface area contributed by atoms with Gasteiger partial charge in [-0.2, -0.15) is 0 Å². The number of primary amides is 1. The molecule has 6 heteroatoms. The number of nitrogens with one attached hydrogen (secondary N) is 2. The number of benzene rings is 2. The average molecular weight is 333 g/mol. The summed E-state index contributed by atoms with van der Waals surface area (Å²) >= 11 is 0. The van der Waals surface area contributed by atoms with Crippen molar-refractivity contribution in [3.63, 3.8) is 0 Å². The minimum Gasteiger partial charge on any atom is -0.364 e. The number of nitrogens with two attached hydrogens (primary N) is 1. The predicted molar refractivity (Wildman–Crippen MR) is 95.6 cm³/mol. The molecule has 0 bridgehead atoms. The highest BCUT2D eigenvalue weighted by molar-refractivity contribution is 5.97. The molecule has 0 saturated carbocycles. The van der Waals surface area contributed by atoms with E-state index in [0.29, 0.717) is 6.42 Å². The molecule has 0 aliphatic heterocycles. The average Bonchev–Trinajstić information content (AvgIpc) is 3.10. The smallest absolute Gasteiger partial charge is 0.268 e. The van der Waals surface area contributed by atoms with E-state index in [1.807, 2.05) is 42.5 Å². The molecule has 25 heavy (non-hydrogen) atoms. The van der Waals surface area contributed by atoms with Crippen molar-refractivity contribution in [3.8, 4) is 11.1 Å². The fraction of sp³-hybridized carbons (Fsp3) is 0.0526. The molecular weight excluding hydrogens is 316 g/mol.